The van der Waals surface area contributed by atoms with Crippen molar-refractivity contribution in [2.75, 3.05) is 0 Å². The van der Waals surface area contributed by atoms with Gasteiger partial charge in [-0.3, -0.25) is 0 Å². The second-order valence-corrected chi connectivity index (χ2v) is 7.49. The zero-order valence-corrected chi connectivity index (χ0v) is 14.5. The molecular formula is C18H21I. The molecule has 0 aliphatic heterocycles. The summed E-state index contributed by atoms with van der Waals surface area (Å²) in [5.41, 5.74) is 7.06. The van der Waals surface area contributed by atoms with Gasteiger partial charge in [0.15, 0.2) is 0 Å². The molecule has 0 spiro atoms. The third kappa shape index (κ3) is 3.19. The Morgan fingerprint density at radius 1 is 0.895 bits per heavy atom. The number of rotatable bonds is 1. The molecule has 0 radical (unpaired) electrons. The van der Waals surface area contributed by atoms with E-state index in [1.165, 1.54) is 31.4 Å². The molecule has 0 unspecified atom stereocenters. The summed E-state index contributed by atoms with van der Waals surface area (Å²) in [6, 6.07) is 13.4. The maximum absolute atomic E-state index is 2.38. The number of benzene rings is 2. The van der Waals surface area contributed by atoms with Gasteiger partial charge in [-0.05, 0) is 81.8 Å². The molecule has 2 aromatic carbocycles. The number of hydrogen-bond donors (Lipinski definition) is 0. The lowest BCUT2D eigenvalue weighted by Gasteiger charge is -2.22. The molecule has 100 valence electrons. The van der Waals surface area contributed by atoms with Crippen LogP contribution in [0.25, 0.3) is 11.1 Å². The largest absolute Gasteiger partial charge is 0.0606 e. The van der Waals surface area contributed by atoms with Gasteiger partial charge in [0.1, 0.15) is 0 Å². The highest BCUT2D eigenvalue weighted by molar-refractivity contribution is 14.1. The van der Waals surface area contributed by atoms with Crippen LogP contribution < -0.4 is 0 Å². The van der Waals surface area contributed by atoms with Crippen LogP contribution in [0, 0.1) is 17.4 Å². The zero-order valence-electron chi connectivity index (χ0n) is 12.3. The highest BCUT2D eigenvalue weighted by atomic mass is 127. The maximum Gasteiger partial charge on any atom is 0.0136 e. The minimum absolute atomic E-state index is 0.208. The fourth-order valence-electron chi connectivity index (χ4n) is 2.50. The van der Waals surface area contributed by atoms with E-state index in [0.717, 1.165) is 0 Å². The van der Waals surface area contributed by atoms with E-state index < -0.39 is 0 Å². The molecule has 0 aliphatic carbocycles. The first-order chi connectivity index (χ1) is 8.79. The lowest BCUT2D eigenvalue weighted by atomic mass is 9.83. The van der Waals surface area contributed by atoms with Crippen molar-refractivity contribution in [3.05, 3.63) is 56.7 Å². The Hall–Kier alpha value is -0.830. The van der Waals surface area contributed by atoms with Gasteiger partial charge in [0.05, 0.1) is 0 Å². The van der Waals surface area contributed by atoms with Crippen LogP contribution in [0.3, 0.4) is 0 Å². The highest BCUT2D eigenvalue weighted by Gasteiger charge is 2.16. The molecule has 0 saturated carbocycles. The summed E-state index contributed by atoms with van der Waals surface area (Å²) in [6.07, 6.45) is 0. The summed E-state index contributed by atoms with van der Waals surface area (Å²) in [7, 11) is 0. The molecule has 0 N–H and O–H groups in total. The maximum atomic E-state index is 2.38. The van der Waals surface area contributed by atoms with E-state index in [9.17, 15) is 0 Å². The summed E-state index contributed by atoms with van der Waals surface area (Å²) < 4.78 is 1.29. The lowest BCUT2D eigenvalue weighted by molar-refractivity contribution is 0.589. The Labute approximate surface area is 130 Å². The second kappa shape index (κ2) is 5.28. The van der Waals surface area contributed by atoms with Crippen molar-refractivity contribution in [2.24, 2.45) is 0 Å². The van der Waals surface area contributed by atoms with Gasteiger partial charge in [0, 0.05) is 3.57 Å². The van der Waals surface area contributed by atoms with E-state index in [1.54, 1.807) is 0 Å². The van der Waals surface area contributed by atoms with Crippen molar-refractivity contribution in [1.29, 1.82) is 0 Å². The predicted molar refractivity (Wildman–Crippen MR) is 92.8 cm³/mol. The van der Waals surface area contributed by atoms with E-state index in [4.69, 9.17) is 0 Å². The highest BCUT2D eigenvalue weighted by Crippen LogP contribution is 2.33. The van der Waals surface area contributed by atoms with Crippen LogP contribution in [0.5, 0.6) is 0 Å². The molecular weight excluding hydrogens is 343 g/mol. The van der Waals surface area contributed by atoms with E-state index >= 15 is 0 Å². The number of halogens is 1. The monoisotopic (exact) mass is 364 g/mol. The smallest absolute Gasteiger partial charge is 0.0136 e. The number of hydrogen-bond acceptors (Lipinski definition) is 0. The lowest BCUT2D eigenvalue weighted by Crippen LogP contribution is -2.12. The summed E-state index contributed by atoms with van der Waals surface area (Å²) in [5.74, 6) is 0. The van der Waals surface area contributed by atoms with Crippen LogP contribution in [-0.2, 0) is 5.41 Å². The third-order valence-electron chi connectivity index (χ3n) is 3.51. The molecule has 0 heterocycles. The van der Waals surface area contributed by atoms with E-state index in [0.29, 0.717) is 0 Å². The van der Waals surface area contributed by atoms with Crippen LogP contribution in [0.2, 0.25) is 0 Å². The summed E-state index contributed by atoms with van der Waals surface area (Å²) in [4.78, 5) is 0. The topological polar surface area (TPSA) is 0 Å². The van der Waals surface area contributed by atoms with Crippen molar-refractivity contribution in [2.45, 2.75) is 40.0 Å². The van der Waals surface area contributed by atoms with Gasteiger partial charge in [-0.1, -0.05) is 45.0 Å². The normalized spacial score (nSPS) is 11.7. The van der Waals surface area contributed by atoms with Gasteiger partial charge in [0.25, 0.3) is 0 Å². The van der Waals surface area contributed by atoms with E-state index in [-0.39, 0.29) is 5.41 Å². The van der Waals surface area contributed by atoms with Gasteiger partial charge in [-0.2, -0.15) is 0 Å². The molecule has 0 aromatic heterocycles. The van der Waals surface area contributed by atoms with Crippen LogP contribution in [-0.4, -0.2) is 0 Å². The number of aryl methyl sites for hydroxylation is 2. The molecule has 1 heteroatoms. The first-order valence-corrected chi connectivity index (χ1v) is 7.74. The van der Waals surface area contributed by atoms with E-state index in [1.807, 2.05) is 0 Å². The molecule has 0 fully saturated rings. The van der Waals surface area contributed by atoms with Crippen molar-refractivity contribution < 1.29 is 0 Å². The molecule has 2 aromatic rings. The Balaban J connectivity index is 2.60. The molecule has 19 heavy (non-hydrogen) atoms. The van der Waals surface area contributed by atoms with Gasteiger partial charge < -0.3 is 0 Å². The molecule has 0 aliphatic rings. The Morgan fingerprint density at radius 2 is 1.47 bits per heavy atom. The van der Waals surface area contributed by atoms with Crippen LogP contribution in [0.1, 0.15) is 37.5 Å². The van der Waals surface area contributed by atoms with Gasteiger partial charge in [-0.15, -0.1) is 0 Å². The first kappa shape index (κ1) is 14.6. The molecule has 0 saturated heterocycles. The average molecular weight is 364 g/mol. The summed E-state index contributed by atoms with van der Waals surface area (Å²) in [6.45, 7) is 11.2. The van der Waals surface area contributed by atoms with Gasteiger partial charge >= 0.3 is 0 Å². The van der Waals surface area contributed by atoms with Crippen molar-refractivity contribution in [1.82, 2.24) is 0 Å². The summed E-state index contributed by atoms with van der Waals surface area (Å²) in [5, 5.41) is 0. The predicted octanol–water partition coefficient (Wildman–Crippen LogP) is 5.87. The average Bonchev–Trinajstić information content (AvgIpc) is 2.26. The molecule has 0 bridgehead atoms. The minimum Gasteiger partial charge on any atom is -0.0606 e. The molecule has 0 amide bonds. The van der Waals surface area contributed by atoms with Crippen LogP contribution in [0.15, 0.2) is 36.4 Å². The first-order valence-electron chi connectivity index (χ1n) is 6.67. The van der Waals surface area contributed by atoms with Gasteiger partial charge in [0.2, 0.25) is 0 Å². The molecule has 0 nitrogen and oxygen atoms in total. The Bertz CT molecular complexity index is 580. The van der Waals surface area contributed by atoms with Gasteiger partial charge in [-0.25, -0.2) is 0 Å². The molecule has 2 rings (SSSR count). The fourth-order valence-corrected chi connectivity index (χ4v) is 3.04. The fraction of sp³-hybridized carbons (Fsp3) is 0.333. The van der Waals surface area contributed by atoms with Crippen LogP contribution >= 0.6 is 22.6 Å². The standard InChI is InChI=1S/C18H21I/c1-12-9-15(18(3,4)5)10-13(2)17(12)14-7-6-8-16(19)11-14/h6-11H,1-5H3. The second-order valence-electron chi connectivity index (χ2n) is 6.25. The Morgan fingerprint density at radius 3 is 1.95 bits per heavy atom. The quantitative estimate of drug-likeness (QED) is 0.555. The zero-order chi connectivity index (χ0) is 14.2. The summed E-state index contributed by atoms with van der Waals surface area (Å²) >= 11 is 2.38. The van der Waals surface area contributed by atoms with E-state index in [2.05, 4.69) is 93.6 Å². The van der Waals surface area contributed by atoms with Crippen molar-refractivity contribution >= 4 is 22.6 Å². The molecule has 0 atom stereocenters. The van der Waals surface area contributed by atoms with Crippen molar-refractivity contribution in [3.8, 4) is 11.1 Å². The van der Waals surface area contributed by atoms with Crippen molar-refractivity contribution in [3.63, 3.8) is 0 Å². The minimum atomic E-state index is 0.208. The third-order valence-corrected chi connectivity index (χ3v) is 4.18. The van der Waals surface area contributed by atoms with Crippen LogP contribution in [0.4, 0.5) is 0 Å². The SMILES string of the molecule is Cc1cc(C(C)(C)C)cc(C)c1-c1cccc(I)c1. The Kier molecular flexibility index (Phi) is 4.05.